The molecule has 1 N–H and O–H groups in total. The third-order valence-corrected chi connectivity index (χ3v) is 6.62. The lowest BCUT2D eigenvalue weighted by Crippen LogP contribution is -2.29. The van der Waals surface area contributed by atoms with Crippen LogP contribution in [0.1, 0.15) is 32.5 Å². The number of anilines is 1. The SMILES string of the molecule is COC(=O)c1sc(N2C(=O)C(=O)/C(=C(/O)c3ccncc3)C2c2ccc(OC)c(OC)c2)nc1C. The summed E-state index contributed by atoms with van der Waals surface area (Å²) >= 11 is 0.918. The summed E-state index contributed by atoms with van der Waals surface area (Å²) in [6, 6.07) is 6.90. The number of ketones is 1. The van der Waals surface area contributed by atoms with Crippen molar-refractivity contribution in [1.82, 2.24) is 9.97 Å². The van der Waals surface area contributed by atoms with Crippen molar-refractivity contribution < 1.29 is 33.7 Å². The summed E-state index contributed by atoms with van der Waals surface area (Å²) in [5.74, 6) is -1.96. The molecule has 1 atom stereocenters. The number of rotatable bonds is 6. The molecular weight excluding hydrogens is 474 g/mol. The standard InChI is InChI=1S/C24H21N3O7S/c1-12-21(23(31)34-4)35-24(26-12)27-18(14-5-6-15(32-2)16(11-14)33-3)17(20(29)22(27)30)19(28)13-7-9-25-10-8-13/h5-11,18,28H,1-4H3/b19-17+. The van der Waals surface area contributed by atoms with Crippen LogP contribution in [-0.4, -0.2) is 54.1 Å². The predicted molar refractivity (Wildman–Crippen MR) is 127 cm³/mol. The summed E-state index contributed by atoms with van der Waals surface area (Å²) < 4.78 is 15.5. The Kier molecular flexibility index (Phi) is 6.52. The number of ether oxygens (including phenoxy) is 3. The van der Waals surface area contributed by atoms with Gasteiger partial charge in [-0.05, 0) is 36.8 Å². The fourth-order valence-corrected chi connectivity index (χ4v) is 4.81. The number of benzene rings is 1. The maximum atomic E-state index is 13.3. The second-order valence-electron chi connectivity index (χ2n) is 7.42. The van der Waals surface area contributed by atoms with E-state index in [2.05, 4.69) is 9.97 Å². The molecule has 2 aromatic heterocycles. The van der Waals surface area contributed by atoms with Crippen LogP contribution in [0.25, 0.3) is 5.76 Å². The van der Waals surface area contributed by atoms with Gasteiger partial charge in [0.05, 0.1) is 38.6 Å². The highest BCUT2D eigenvalue weighted by molar-refractivity contribution is 7.17. The molecule has 0 radical (unpaired) electrons. The molecule has 1 saturated heterocycles. The maximum absolute atomic E-state index is 13.3. The Bertz CT molecular complexity index is 1350. The Morgan fingerprint density at radius 3 is 2.37 bits per heavy atom. The minimum Gasteiger partial charge on any atom is -0.507 e. The Hall–Kier alpha value is -4.25. The molecule has 1 fully saturated rings. The highest BCUT2D eigenvalue weighted by Gasteiger charge is 2.48. The molecule has 1 amide bonds. The molecule has 0 saturated carbocycles. The van der Waals surface area contributed by atoms with Gasteiger partial charge in [-0.1, -0.05) is 17.4 Å². The second-order valence-corrected chi connectivity index (χ2v) is 8.40. The van der Waals surface area contributed by atoms with Gasteiger partial charge >= 0.3 is 11.9 Å². The van der Waals surface area contributed by atoms with E-state index < -0.39 is 23.7 Å². The van der Waals surface area contributed by atoms with Crippen LogP contribution in [-0.2, 0) is 14.3 Å². The molecule has 1 aromatic carbocycles. The van der Waals surface area contributed by atoms with Crippen molar-refractivity contribution in [2.24, 2.45) is 0 Å². The van der Waals surface area contributed by atoms with E-state index in [1.807, 2.05) is 0 Å². The van der Waals surface area contributed by atoms with Crippen molar-refractivity contribution in [3.63, 3.8) is 0 Å². The number of esters is 1. The van der Waals surface area contributed by atoms with Gasteiger partial charge in [0.25, 0.3) is 5.78 Å². The van der Waals surface area contributed by atoms with E-state index in [-0.39, 0.29) is 21.3 Å². The molecule has 180 valence electrons. The number of nitrogens with zero attached hydrogens (tertiary/aromatic N) is 3. The molecule has 1 unspecified atom stereocenters. The minimum atomic E-state index is -1.06. The quantitative estimate of drug-likeness (QED) is 0.237. The van der Waals surface area contributed by atoms with E-state index in [9.17, 15) is 19.5 Å². The first-order chi connectivity index (χ1) is 16.8. The van der Waals surface area contributed by atoms with E-state index in [4.69, 9.17) is 14.2 Å². The topological polar surface area (TPSA) is 128 Å². The average molecular weight is 496 g/mol. The number of amides is 1. The van der Waals surface area contributed by atoms with Gasteiger partial charge in [0, 0.05) is 18.0 Å². The molecule has 1 aliphatic heterocycles. The van der Waals surface area contributed by atoms with E-state index in [0.717, 1.165) is 11.3 Å². The largest absolute Gasteiger partial charge is 0.507 e. The van der Waals surface area contributed by atoms with Crippen molar-refractivity contribution in [2.75, 3.05) is 26.2 Å². The molecule has 1 aliphatic rings. The summed E-state index contributed by atoms with van der Waals surface area (Å²) in [4.78, 5) is 48.4. The number of aliphatic hydroxyl groups excluding tert-OH is 1. The van der Waals surface area contributed by atoms with Crippen LogP contribution < -0.4 is 14.4 Å². The smallest absolute Gasteiger partial charge is 0.350 e. The van der Waals surface area contributed by atoms with Crippen LogP contribution in [0.5, 0.6) is 11.5 Å². The normalized spacial score (nSPS) is 16.9. The van der Waals surface area contributed by atoms with E-state index in [1.165, 1.54) is 50.8 Å². The van der Waals surface area contributed by atoms with Gasteiger partial charge in [-0.2, -0.15) is 0 Å². The monoisotopic (exact) mass is 495 g/mol. The van der Waals surface area contributed by atoms with Crippen LogP contribution in [0.2, 0.25) is 0 Å². The Balaban J connectivity index is 1.96. The van der Waals surface area contributed by atoms with Gasteiger partial charge in [-0.3, -0.25) is 19.5 Å². The Labute approximate surface area is 204 Å². The van der Waals surface area contributed by atoms with Crippen molar-refractivity contribution in [1.29, 1.82) is 0 Å². The van der Waals surface area contributed by atoms with E-state index in [0.29, 0.717) is 28.3 Å². The molecule has 35 heavy (non-hydrogen) atoms. The van der Waals surface area contributed by atoms with Gasteiger partial charge in [-0.25, -0.2) is 9.78 Å². The maximum Gasteiger partial charge on any atom is 0.350 e. The summed E-state index contributed by atoms with van der Waals surface area (Å²) in [6.45, 7) is 1.60. The highest BCUT2D eigenvalue weighted by Crippen LogP contribution is 2.45. The van der Waals surface area contributed by atoms with Crippen molar-refractivity contribution in [3.8, 4) is 11.5 Å². The third-order valence-electron chi connectivity index (χ3n) is 5.48. The molecular formula is C24H21N3O7S. The van der Waals surface area contributed by atoms with Gasteiger partial charge in [-0.15, -0.1) is 0 Å². The molecule has 3 aromatic rings. The lowest BCUT2D eigenvalue weighted by molar-refractivity contribution is -0.132. The Morgan fingerprint density at radius 1 is 1.06 bits per heavy atom. The van der Waals surface area contributed by atoms with Gasteiger partial charge < -0.3 is 19.3 Å². The summed E-state index contributed by atoms with van der Waals surface area (Å²) in [6.07, 6.45) is 2.92. The number of aryl methyl sites for hydroxylation is 1. The van der Waals surface area contributed by atoms with Crippen molar-refractivity contribution >= 4 is 39.9 Å². The number of hydrogen-bond acceptors (Lipinski definition) is 10. The van der Waals surface area contributed by atoms with Crippen LogP contribution in [0.15, 0.2) is 48.3 Å². The number of carbonyl (C=O) groups excluding carboxylic acids is 3. The molecule has 4 rings (SSSR count). The van der Waals surface area contributed by atoms with Crippen molar-refractivity contribution in [2.45, 2.75) is 13.0 Å². The van der Waals surface area contributed by atoms with Gasteiger partial charge in [0.1, 0.15) is 10.6 Å². The van der Waals surface area contributed by atoms with Crippen LogP contribution in [0.3, 0.4) is 0 Å². The van der Waals surface area contributed by atoms with Gasteiger partial charge in [0.15, 0.2) is 16.6 Å². The van der Waals surface area contributed by atoms with Crippen LogP contribution >= 0.6 is 11.3 Å². The number of Topliss-reactive ketones (excluding diaryl/α,β-unsaturated/α-hetero) is 1. The predicted octanol–water partition coefficient (Wildman–Crippen LogP) is 3.28. The van der Waals surface area contributed by atoms with E-state index >= 15 is 0 Å². The molecule has 0 aliphatic carbocycles. The number of aromatic nitrogens is 2. The zero-order valence-electron chi connectivity index (χ0n) is 19.3. The number of thiazole rings is 1. The summed E-state index contributed by atoms with van der Waals surface area (Å²) in [5.41, 5.74) is 0.985. The number of pyridine rings is 1. The zero-order valence-corrected chi connectivity index (χ0v) is 20.1. The van der Waals surface area contributed by atoms with E-state index in [1.54, 1.807) is 25.1 Å². The highest BCUT2D eigenvalue weighted by atomic mass is 32.1. The van der Waals surface area contributed by atoms with Crippen LogP contribution in [0, 0.1) is 6.92 Å². The summed E-state index contributed by atoms with van der Waals surface area (Å²) in [7, 11) is 4.19. The molecule has 11 heteroatoms. The lowest BCUT2D eigenvalue weighted by atomic mass is 9.95. The molecule has 3 heterocycles. The molecule has 0 bridgehead atoms. The fourth-order valence-electron chi connectivity index (χ4n) is 3.80. The zero-order chi connectivity index (χ0) is 25.3. The van der Waals surface area contributed by atoms with Crippen molar-refractivity contribution in [3.05, 3.63) is 70.0 Å². The number of aliphatic hydroxyl groups is 1. The third kappa shape index (κ3) is 4.10. The first-order valence-electron chi connectivity index (χ1n) is 10.3. The number of carbonyl (C=O) groups is 3. The lowest BCUT2D eigenvalue weighted by Gasteiger charge is -2.23. The number of methoxy groups -OCH3 is 3. The number of hydrogen-bond donors (Lipinski definition) is 1. The molecule has 10 nitrogen and oxygen atoms in total. The second kappa shape index (κ2) is 9.55. The average Bonchev–Trinajstić information content (AvgIpc) is 3.39. The first-order valence-corrected chi connectivity index (χ1v) is 11.1. The minimum absolute atomic E-state index is 0.110. The Morgan fingerprint density at radius 2 is 1.74 bits per heavy atom. The fraction of sp³-hybridized carbons (Fsp3) is 0.208. The first kappa shape index (κ1) is 23.9. The molecule has 0 spiro atoms. The van der Waals surface area contributed by atoms with Gasteiger partial charge in [0.2, 0.25) is 0 Å². The van der Waals surface area contributed by atoms with Crippen LogP contribution in [0.4, 0.5) is 5.13 Å². The summed E-state index contributed by atoms with van der Waals surface area (Å²) in [5, 5.41) is 11.2.